The number of methoxy groups -OCH3 is 1. The Bertz CT molecular complexity index is 901. The molecule has 2 aromatic carbocycles. The van der Waals surface area contributed by atoms with Gasteiger partial charge in [-0.25, -0.2) is 4.79 Å². The third-order valence-electron chi connectivity index (χ3n) is 5.42. The number of hydrogen-bond donors (Lipinski definition) is 2. The molecule has 0 spiro atoms. The SMILES string of the molecule is COC(=O)c1cccc(NC(=O)C2CCC(C(=O)Nc3ccccc3C)CC2)c1. The third kappa shape index (κ3) is 5.22. The molecule has 0 bridgehead atoms. The molecule has 6 heteroatoms. The van der Waals surface area contributed by atoms with Gasteiger partial charge in [0.1, 0.15) is 0 Å². The van der Waals surface area contributed by atoms with E-state index in [0.717, 1.165) is 11.3 Å². The molecule has 0 saturated heterocycles. The molecule has 0 atom stereocenters. The minimum atomic E-state index is -0.443. The van der Waals surface area contributed by atoms with Gasteiger partial charge in [0.15, 0.2) is 0 Å². The van der Waals surface area contributed by atoms with Crippen molar-refractivity contribution < 1.29 is 19.1 Å². The van der Waals surface area contributed by atoms with Crippen molar-refractivity contribution >= 4 is 29.2 Å². The second-order valence-electron chi connectivity index (χ2n) is 7.41. The number of rotatable bonds is 5. The van der Waals surface area contributed by atoms with E-state index in [4.69, 9.17) is 4.74 Å². The summed E-state index contributed by atoms with van der Waals surface area (Å²) in [6.07, 6.45) is 2.68. The van der Waals surface area contributed by atoms with Crippen LogP contribution in [0.5, 0.6) is 0 Å². The zero-order valence-electron chi connectivity index (χ0n) is 16.7. The maximum Gasteiger partial charge on any atom is 0.337 e. The number of anilines is 2. The van der Waals surface area contributed by atoms with Crippen LogP contribution in [0.3, 0.4) is 0 Å². The molecule has 0 aliphatic heterocycles. The number of nitrogens with one attached hydrogen (secondary N) is 2. The van der Waals surface area contributed by atoms with E-state index < -0.39 is 5.97 Å². The number of carbonyl (C=O) groups excluding carboxylic acids is 3. The van der Waals surface area contributed by atoms with Crippen LogP contribution in [0.2, 0.25) is 0 Å². The molecule has 152 valence electrons. The Morgan fingerprint density at radius 2 is 1.48 bits per heavy atom. The zero-order valence-corrected chi connectivity index (χ0v) is 16.7. The number of para-hydroxylation sites is 1. The van der Waals surface area contributed by atoms with Gasteiger partial charge in [-0.05, 0) is 62.4 Å². The topological polar surface area (TPSA) is 84.5 Å². The lowest BCUT2D eigenvalue weighted by molar-refractivity contribution is -0.125. The highest BCUT2D eigenvalue weighted by Crippen LogP contribution is 2.31. The van der Waals surface area contributed by atoms with Crippen molar-refractivity contribution in [2.75, 3.05) is 17.7 Å². The van der Waals surface area contributed by atoms with Gasteiger partial charge >= 0.3 is 5.97 Å². The first-order valence-electron chi connectivity index (χ1n) is 9.83. The van der Waals surface area contributed by atoms with Gasteiger partial charge in [-0.2, -0.15) is 0 Å². The molecule has 1 aliphatic rings. The molecular weight excluding hydrogens is 368 g/mol. The van der Waals surface area contributed by atoms with Crippen LogP contribution in [0.25, 0.3) is 0 Å². The Morgan fingerprint density at radius 3 is 2.10 bits per heavy atom. The van der Waals surface area contributed by atoms with Gasteiger partial charge in [-0.15, -0.1) is 0 Å². The number of ether oxygens (including phenoxy) is 1. The molecule has 0 unspecified atom stereocenters. The average Bonchev–Trinajstić information content (AvgIpc) is 2.75. The summed E-state index contributed by atoms with van der Waals surface area (Å²) in [6.45, 7) is 1.96. The first kappa shape index (κ1) is 20.6. The van der Waals surface area contributed by atoms with Crippen LogP contribution in [0, 0.1) is 18.8 Å². The third-order valence-corrected chi connectivity index (χ3v) is 5.42. The Balaban J connectivity index is 1.52. The van der Waals surface area contributed by atoms with E-state index in [9.17, 15) is 14.4 Å². The maximum atomic E-state index is 12.6. The van der Waals surface area contributed by atoms with Gasteiger partial charge in [0.25, 0.3) is 0 Å². The predicted octanol–water partition coefficient (Wildman–Crippen LogP) is 4.17. The standard InChI is InChI=1S/C23H26N2O4/c1-15-6-3-4-9-20(15)25-22(27)17-12-10-16(11-13-17)21(26)24-19-8-5-7-18(14-19)23(28)29-2/h3-9,14,16-17H,10-13H2,1-2H3,(H,24,26)(H,25,27). The quantitative estimate of drug-likeness (QED) is 0.746. The summed E-state index contributed by atoms with van der Waals surface area (Å²) in [5.74, 6) is -0.726. The number of hydrogen-bond acceptors (Lipinski definition) is 4. The Hall–Kier alpha value is -3.15. The van der Waals surface area contributed by atoms with Crippen LogP contribution in [-0.2, 0) is 14.3 Å². The molecule has 2 aromatic rings. The summed E-state index contributed by atoms with van der Waals surface area (Å²) < 4.78 is 4.71. The fraction of sp³-hybridized carbons (Fsp3) is 0.348. The molecule has 0 heterocycles. The molecule has 3 rings (SSSR count). The zero-order chi connectivity index (χ0) is 20.8. The van der Waals surface area contributed by atoms with Crippen molar-refractivity contribution in [2.45, 2.75) is 32.6 Å². The summed E-state index contributed by atoms with van der Waals surface area (Å²) in [6, 6.07) is 14.4. The largest absolute Gasteiger partial charge is 0.465 e. The summed E-state index contributed by atoms with van der Waals surface area (Å²) >= 11 is 0. The van der Waals surface area contributed by atoms with Crippen LogP contribution < -0.4 is 10.6 Å². The lowest BCUT2D eigenvalue weighted by atomic mass is 9.81. The highest BCUT2D eigenvalue weighted by atomic mass is 16.5. The van der Waals surface area contributed by atoms with Crippen LogP contribution >= 0.6 is 0 Å². The first-order chi connectivity index (χ1) is 14.0. The van der Waals surface area contributed by atoms with Crippen molar-refractivity contribution in [3.63, 3.8) is 0 Å². The van der Waals surface area contributed by atoms with E-state index in [1.54, 1.807) is 24.3 Å². The molecule has 29 heavy (non-hydrogen) atoms. The first-order valence-corrected chi connectivity index (χ1v) is 9.83. The van der Waals surface area contributed by atoms with Crippen LogP contribution in [0.15, 0.2) is 48.5 Å². The molecule has 1 fully saturated rings. The minimum Gasteiger partial charge on any atom is -0.465 e. The molecular formula is C23H26N2O4. The van der Waals surface area contributed by atoms with Crippen LogP contribution in [-0.4, -0.2) is 24.9 Å². The lowest BCUT2D eigenvalue weighted by Gasteiger charge is -2.27. The molecule has 1 saturated carbocycles. The Morgan fingerprint density at radius 1 is 0.862 bits per heavy atom. The van der Waals surface area contributed by atoms with E-state index in [1.807, 2.05) is 31.2 Å². The maximum absolute atomic E-state index is 12.6. The van der Waals surface area contributed by atoms with E-state index in [-0.39, 0.29) is 23.7 Å². The number of carbonyl (C=O) groups is 3. The van der Waals surface area contributed by atoms with Crippen molar-refractivity contribution in [3.8, 4) is 0 Å². The highest BCUT2D eigenvalue weighted by Gasteiger charge is 2.30. The van der Waals surface area contributed by atoms with Gasteiger partial charge in [0.2, 0.25) is 11.8 Å². The van der Waals surface area contributed by atoms with Gasteiger partial charge in [-0.1, -0.05) is 24.3 Å². The normalized spacial score (nSPS) is 18.6. The summed E-state index contributed by atoms with van der Waals surface area (Å²) in [5.41, 5.74) is 2.82. The van der Waals surface area contributed by atoms with Gasteiger partial charge < -0.3 is 15.4 Å². The monoisotopic (exact) mass is 394 g/mol. The summed E-state index contributed by atoms with van der Waals surface area (Å²) in [4.78, 5) is 36.8. The second-order valence-corrected chi connectivity index (χ2v) is 7.41. The van der Waals surface area contributed by atoms with Crippen LogP contribution in [0.4, 0.5) is 11.4 Å². The smallest absolute Gasteiger partial charge is 0.337 e. The van der Waals surface area contributed by atoms with Crippen LogP contribution in [0.1, 0.15) is 41.6 Å². The van der Waals surface area contributed by atoms with E-state index in [2.05, 4.69) is 10.6 Å². The van der Waals surface area contributed by atoms with E-state index in [1.165, 1.54) is 7.11 Å². The fourth-order valence-corrected chi connectivity index (χ4v) is 3.65. The van der Waals surface area contributed by atoms with Crippen molar-refractivity contribution in [1.29, 1.82) is 0 Å². The number of amides is 2. The number of esters is 1. The molecule has 0 radical (unpaired) electrons. The van der Waals surface area contributed by atoms with Crippen molar-refractivity contribution in [2.24, 2.45) is 11.8 Å². The van der Waals surface area contributed by atoms with Gasteiger partial charge in [0.05, 0.1) is 12.7 Å². The Kier molecular flexibility index (Phi) is 6.65. The molecule has 2 amide bonds. The fourth-order valence-electron chi connectivity index (χ4n) is 3.65. The number of aryl methyl sites for hydroxylation is 1. The van der Waals surface area contributed by atoms with E-state index in [0.29, 0.717) is 36.9 Å². The van der Waals surface area contributed by atoms with Gasteiger partial charge in [0, 0.05) is 23.2 Å². The van der Waals surface area contributed by atoms with Gasteiger partial charge in [-0.3, -0.25) is 9.59 Å². The average molecular weight is 394 g/mol. The highest BCUT2D eigenvalue weighted by molar-refractivity contribution is 5.96. The molecule has 6 nitrogen and oxygen atoms in total. The summed E-state index contributed by atoms with van der Waals surface area (Å²) in [5, 5.41) is 5.88. The number of benzene rings is 2. The van der Waals surface area contributed by atoms with E-state index >= 15 is 0 Å². The van der Waals surface area contributed by atoms with Crippen molar-refractivity contribution in [1.82, 2.24) is 0 Å². The predicted molar refractivity (Wildman–Crippen MR) is 112 cm³/mol. The second kappa shape index (κ2) is 9.37. The molecule has 1 aliphatic carbocycles. The molecule has 2 N–H and O–H groups in total. The minimum absolute atomic E-state index is 0.0175. The Labute approximate surface area is 170 Å². The van der Waals surface area contributed by atoms with Crippen molar-refractivity contribution in [3.05, 3.63) is 59.7 Å². The lowest BCUT2D eigenvalue weighted by Crippen LogP contribution is -2.32. The molecule has 0 aromatic heterocycles. The summed E-state index contributed by atoms with van der Waals surface area (Å²) in [7, 11) is 1.32.